The van der Waals surface area contributed by atoms with E-state index in [1.54, 1.807) is 0 Å². The van der Waals surface area contributed by atoms with E-state index in [4.69, 9.17) is 5.73 Å². The van der Waals surface area contributed by atoms with Crippen molar-refractivity contribution in [3.8, 4) is 0 Å². The molecule has 1 rings (SSSR count). The molecule has 3 heteroatoms. The predicted molar refractivity (Wildman–Crippen MR) is 30.2 cm³/mol. The van der Waals surface area contributed by atoms with E-state index in [0.717, 1.165) is 0 Å². The first-order valence-corrected chi connectivity index (χ1v) is 2.61. The molecular weight excluding hydrogens is 104 g/mol. The lowest BCUT2D eigenvalue weighted by Gasteiger charge is -1.91. The first kappa shape index (κ1) is 5.56. The molecule has 3 nitrogen and oxygen atoms in total. The normalized spacial score (nSPS) is 32.0. The third kappa shape index (κ3) is 0.690. The molecule has 0 aromatic carbocycles. The number of carbonyl (C=O) groups is 1. The zero-order chi connectivity index (χ0) is 6.36. The van der Waals surface area contributed by atoms with Gasteiger partial charge in [0.05, 0.1) is 0 Å². The van der Waals surface area contributed by atoms with Crippen LogP contribution in [0.5, 0.6) is 0 Å². The van der Waals surface area contributed by atoms with Crippen molar-refractivity contribution >= 4 is 5.91 Å². The van der Waals surface area contributed by atoms with E-state index in [1.165, 1.54) is 0 Å². The molecule has 1 unspecified atom stereocenters. The Bertz CT molecular complexity index is 130. The Kier molecular flexibility index (Phi) is 0.854. The Morgan fingerprint density at radius 3 is 2.12 bits per heavy atom. The van der Waals surface area contributed by atoms with Gasteiger partial charge in [-0.3, -0.25) is 10.1 Å². The summed E-state index contributed by atoms with van der Waals surface area (Å²) in [6.45, 7) is 3.89. The van der Waals surface area contributed by atoms with E-state index < -0.39 is 0 Å². The van der Waals surface area contributed by atoms with E-state index in [2.05, 4.69) is 5.32 Å². The molecule has 1 amide bonds. The van der Waals surface area contributed by atoms with Crippen LogP contribution in [0, 0.1) is 0 Å². The Morgan fingerprint density at radius 1 is 1.75 bits per heavy atom. The van der Waals surface area contributed by atoms with Gasteiger partial charge in [0.15, 0.2) is 0 Å². The van der Waals surface area contributed by atoms with Crippen molar-refractivity contribution in [1.29, 1.82) is 0 Å². The summed E-state index contributed by atoms with van der Waals surface area (Å²) in [4.78, 5) is 10.3. The van der Waals surface area contributed by atoms with Crippen molar-refractivity contribution < 1.29 is 4.79 Å². The SMILES string of the molecule is CC1(C)NC1C(N)=O. The molecule has 0 spiro atoms. The number of carbonyl (C=O) groups excluding carboxylic acids is 1. The number of hydrogen-bond acceptors (Lipinski definition) is 2. The Balaban J connectivity index is 2.48. The van der Waals surface area contributed by atoms with Crippen LogP contribution in [-0.2, 0) is 4.79 Å². The Hall–Kier alpha value is -0.570. The largest absolute Gasteiger partial charge is 0.368 e. The lowest BCUT2D eigenvalue weighted by atomic mass is 10.1. The van der Waals surface area contributed by atoms with Crippen LogP contribution in [0.25, 0.3) is 0 Å². The third-order valence-electron chi connectivity index (χ3n) is 1.44. The van der Waals surface area contributed by atoms with Crippen molar-refractivity contribution in [2.75, 3.05) is 0 Å². The fourth-order valence-electron chi connectivity index (χ4n) is 0.757. The van der Waals surface area contributed by atoms with Crippen LogP contribution in [-0.4, -0.2) is 17.5 Å². The van der Waals surface area contributed by atoms with Crippen molar-refractivity contribution in [1.82, 2.24) is 5.32 Å². The number of nitrogens with two attached hydrogens (primary N) is 1. The average molecular weight is 114 g/mol. The maximum absolute atomic E-state index is 10.3. The molecule has 1 saturated heterocycles. The van der Waals surface area contributed by atoms with Crippen LogP contribution in [0.1, 0.15) is 13.8 Å². The van der Waals surface area contributed by atoms with Crippen LogP contribution in [0.15, 0.2) is 0 Å². The summed E-state index contributed by atoms with van der Waals surface area (Å²) in [6.07, 6.45) is 0. The molecule has 1 atom stereocenters. The van der Waals surface area contributed by atoms with Gasteiger partial charge in [-0.2, -0.15) is 0 Å². The van der Waals surface area contributed by atoms with Gasteiger partial charge in [0.25, 0.3) is 0 Å². The summed E-state index contributed by atoms with van der Waals surface area (Å²) >= 11 is 0. The van der Waals surface area contributed by atoms with Gasteiger partial charge in [0, 0.05) is 5.54 Å². The molecule has 1 fully saturated rings. The minimum Gasteiger partial charge on any atom is -0.368 e. The highest BCUT2D eigenvalue weighted by Gasteiger charge is 2.48. The van der Waals surface area contributed by atoms with Crippen molar-refractivity contribution in [2.45, 2.75) is 25.4 Å². The molecule has 8 heavy (non-hydrogen) atoms. The standard InChI is InChI=1S/C5H10N2O/c1-5(2)3(7-5)4(6)8/h3,7H,1-2H3,(H2,6,8). The number of rotatable bonds is 1. The summed E-state index contributed by atoms with van der Waals surface area (Å²) < 4.78 is 0. The van der Waals surface area contributed by atoms with Gasteiger partial charge in [0.1, 0.15) is 6.04 Å². The van der Waals surface area contributed by atoms with Gasteiger partial charge in [-0.15, -0.1) is 0 Å². The van der Waals surface area contributed by atoms with Crippen LogP contribution in [0.2, 0.25) is 0 Å². The van der Waals surface area contributed by atoms with Crippen molar-refractivity contribution in [3.63, 3.8) is 0 Å². The number of primary amides is 1. The van der Waals surface area contributed by atoms with Gasteiger partial charge in [-0.25, -0.2) is 0 Å². The lowest BCUT2D eigenvalue weighted by molar-refractivity contribution is -0.117. The minimum absolute atomic E-state index is 0.0359. The highest BCUT2D eigenvalue weighted by molar-refractivity contribution is 5.85. The van der Waals surface area contributed by atoms with E-state index in [9.17, 15) is 4.79 Å². The van der Waals surface area contributed by atoms with E-state index in [1.807, 2.05) is 13.8 Å². The molecule has 0 aliphatic carbocycles. The molecule has 0 saturated carbocycles. The van der Waals surface area contributed by atoms with Gasteiger partial charge < -0.3 is 5.73 Å². The third-order valence-corrected chi connectivity index (χ3v) is 1.44. The molecule has 1 aliphatic heterocycles. The zero-order valence-electron chi connectivity index (χ0n) is 5.06. The second-order valence-electron chi connectivity index (χ2n) is 2.70. The molecule has 0 aromatic rings. The van der Waals surface area contributed by atoms with Crippen LogP contribution < -0.4 is 11.1 Å². The fraction of sp³-hybridized carbons (Fsp3) is 0.800. The predicted octanol–water partition coefficient (Wildman–Crippen LogP) is -0.778. The van der Waals surface area contributed by atoms with Crippen LogP contribution in [0.4, 0.5) is 0 Å². The molecule has 1 aliphatic rings. The summed E-state index contributed by atoms with van der Waals surface area (Å²) in [6, 6.07) is -0.0949. The summed E-state index contributed by atoms with van der Waals surface area (Å²) in [5.41, 5.74) is 4.94. The fourth-order valence-corrected chi connectivity index (χ4v) is 0.757. The average Bonchev–Trinajstić information content (AvgIpc) is 2.13. The second kappa shape index (κ2) is 1.23. The lowest BCUT2D eigenvalue weighted by Crippen LogP contribution is -2.23. The van der Waals surface area contributed by atoms with Crippen molar-refractivity contribution in [3.05, 3.63) is 0 Å². The quantitative estimate of drug-likeness (QED) is 0.439. The monoisotopic (exact) mass is 114 g/mol. The number of hydrogen-bond donors (Lipinski definition) is 2. The van der Waals surface area contributed by atoms with Gasteiger partial charge >= 0.3 is 0 Å². The molecule has 46 valence electrons. The first-order chi connectivity index (χ1) is 3.54. The summed E-state index contributed by atoms with van der Waals surface area (Å²) in [7, 11) is 0. The molecular formula is C5H10N2O. The molecule has 1 heterocycles. The zero-order valence-corrected chi connectivity index (χ0v) is 5.06. The maximum atomic E-state index is 10.3. The van der Waals surface area contributed by atoms with E-state index in [-0.39, 0.29) is 17.5 Å². The van der Waals surface area contributed by atoms with Crippen molar-refractivity contribution in [2.24, 2.45) is 5.73 Å². The first-order valence-electron chi connectivity index (χ1n) is 2.61. The maximum Gasteiger partial charge on any atom is 0.236 e. The molecule has 0 bridgehead atoms. The van der Waals surface area contributed by atoms with Gasteiger partial charge in [0.2, 0.25) is 5.91 Å². The summed E-state index contributed by atoms with van der Waals surface area (Å²) in [5, 5.41) is 2.93. The molecule has 0 aromatic heterocycles. The number of amides is 1. The number of nitrogens with one attached hydrogen (secondary N) is 1. The van der Waals surface area contributed by atoms with E-state index in [0.29, 0.717) is 0 Å². The van der Waals surface area contributed by atoms with E-state index >= 15 is 0 Å². The second-order valence-corrected chi connectivity index (χ2v) is 2.70. The Labute approximate surface area is 48.2 Å². The highest BCUT2D eigenvalue weighted by Crippen LogP contribution is 2.23. The smallest absolute Gasteiger partial charge is 0.236 e. The minimum atomic E-state index is -0.255. The van der Waals surface area contributed by atoms with Crippen LogP contribution in [0.3, 0.4) is 0 Å². The topological polar surface area (TPSA) is 65.0 Å². The molecule has 0 radical (unpaired) electrons. The molecule has 3 N–H and O–H groups in total. The highest BCUT2D eigenvalue weighted by atomic mass is 16.1. The Morgan fingerprint density at radius 2 is 2.12 bits per heavy atom. The summed E-state index contributed by atoms with van der Waals surface area (Å²) in [5.74, 6) is -0.255. The van der Waals surface area contributed by atoms with Crippen LogP contribution >= 0.6 is 0 Å². The van der Waals surface area contributed by atoms with Gasteiger partial charge in [-0.1, -0.05) is 0 Å². The van der Waals surface area contributed by atoms with Gasteiger partial charge in [-0.05, 0) is 13.8 Å².